The van der Waals surface area contributed by atoms with Gasteiger partial charge in [-0.3, -0.25) is 14.4 Å². The number of thiophene rings is 2. The highest BCUT2D eigenvalue weighted by Gasteiger charge is 2.39. The predicted octanol–water partition coefficient (Wildman–Crippen LogP) is 11.9. The standard InChI is InChI=1S/C26H37NO4S.C26H35NO4S.CH4.H2/c2*1-17-6-8-18(9-7-17)24(29)27(19-10-12-20(28)13-11-19)22-16-21(14-15-26(2,3)4)32-23(22)25(30)31-5;;/h16-20,28H,6-13H2,1-5H3;16-19H,6-13H2,1-5H3;1H4;1H/i;;;1+1. The summed E-state index contributed by atoms with van der Waals surface area (Å²) in [7, 11) is 2.73. The lowest BCUT2D eigenvalue weighted by Crippen LogP contribution is -2.47. The lowest BCUT2D eigenvalue weighted by atomic mass is 9.81. The normalized spacial score (nSPS) is 23.7. The van der Waals surface area contributed by atoms with Gasteiger partial charge in [0.25, 0.3) is 0 Å². The molecule has 2 aromatic heterocycles. The summed E-state index contributed by atoms with van der Waals surface area (Å²) in [5.74, 6) is 13.6. The Labute approximate surface area is 399 Å². The van der Waals surface area contributed by atoms with Crippen LogP contribution in [0.3, 0.4) is 0 Å². The van der Waals surface area contributed by atoms with Crippen LogP contribution < -0.4 is 9.80 Å². The van der Waals surface area contributed by atoms with Crippen LogP contribution in [0.4, 0.5) is 11.4 Å². The molecule has 2 amide bonds. The van der Waals surface area contributed by atoms with Crippen molar-refractivity contribution in [1.29, 1.82) is 0 Å². The fourth-order valence-electron chi connectivity index (χ4n) is 9.12. The summed E-state index contributed by atoms with van der Waals surface area (Å²) in [4.78, 5) is 71.0. The maximum atomic E-state index is 13.9. The van der Waals surface area contributed by atoms with E-state index in [1.165, 1.54) is 36.9 Å². The summed E-state index contributed by atoms with van der Waals surface area (Å²) in [6, 6.07) is 3.66. The number of methoxy groups -OCH3 is 2. The van der Waals surface area contributed by atoms with E-state index in [1.54, 1.807) is 0 Å². The molecule has 12 heteroatoms. The molecular formula is C53H78N2O8S2. The van der Waals surface area contributed by atoms with Crippen LogP contribution in [0.25, 0.3) is 0 Å². The molecule has 4 aliphatic rings. The third-order valence-corrected chi connectivity index (χ3v) is 15.0. The minimum atomic E-state index is -0.448. The second-order valence-electron chi connectivity index (χ2n) is 20.7. The minimum Gasteiger partial charge on any atom is -0.465 e. The number of rotatable bonds is 8. The van der Waals surface area contributed by atoms with E-state index in [9.17, 15) is 29.1 Å². The smallest absolute Gasteiger partial charge is 0.350 e. The molecule has 65 heavy (non-hydrogen) atoms. The number of hydrogen-bond acceptors (Lipinski definition) is 10. The monoisotopic (exact) mass is 936 g/mol. The first kappa shape index (κ1) is 53.6. The lowest BCUT2D eigenvalue weighted by molar-refractivity contribution is -0.125. The first-order valence-electron chi connectivity index (χ1n) is 23.5. The SMILES string of the molecule is C.COC(=O)c1sc(C#CC(C)(C)C)cc1N(C(=O)C1CCC(C)CC1)C1CCC(=O)CC1.COC(=O)c1sc(C#CC(C)(C)C)cc1N(C(=O)C1CCC(C)CC1)C1CCC(O)CC1.[2HH]. The van der Waals surface area contributed by atoms with Crippen molar-refractivity contribution in [2.24, 2.45) is 34.5 Å². The Balaban J connectivity index is 0.000000340. The van der Waals surface area contributed by atoms with E-state index in [4.69, 9.17) is 9.47 Å². The number of aliphatic hydroxyl groups excluding tert-OH is 1. The van der Waals surface area contributed by atoms with Gasteiger partial charge in [0, 0.05) is 49.0 Å². The van der Waals surface area contributed by atoms with E-state index in [2.05, 4.69) is 37.5 Å². The molecule has 4 aliphatic carbocycles. The highest BCUT2D eigenvalue weighted by Crippen LogP contribution is 2.41. The zero-order chi connectivity index (χ0) is 46.9. The molecule has 0 unspecified atom stereocenters. The molecule has 6 rings (SSSR count). The number of carbonyl (C=O) groups is 5. The van der Waals surface area contributed by atoms with E-state index >= 15 is 0 Å². The van der Waals surface area contributed by atoms with E-state index in [1.807, 2.05) is 63.5 Å². The average Bonchev–Trinajstić information content (AvgIpc) is 3.88. The molecule has 0 bridgehead atoms. The molecule has 0 aromatic carbocycles. The molecule has 10 nitrogen and oxygen atoms in total. The quantitative estimate of drug-likeness (QED) is 0.205. The molecule has 360 valence electrons. The molecule has 0 radical (unpaired) electrons. The molecule has 4 saturated carbocycles. The highest BCUT2D eigenvalue weighted by molar-refractivity contribution is 7.15. The Bertz CT molecular complexity index is 2090. The maximum absolute atomic E-state index is 13.9. The van der Waals surface area contributed by atoms with E-state index in [0.29, 0.717) is 71.5 Å². The van der Waals surface area contributed by atoms with Crippen LogP contribution >= 0.6 is 22.7 Å². The fraction of sp³-hybridized carbons (Fsp3) is 0.679. The van der Waals surface area contributed by atoms with Gasteiger partial charge in [0.1, 0.15) is 15.5 Å². The topological polar surface area (TPSA) is 131 Å². The molecule has 1 N–H and O–H groups in total. The van der Waals surface area contributed by atoms with Crippen LogP contribution in [0.1, 0.15) is 196 Å². The van der Waals surface area contributed by atoms with Gasteiger partial charge in [0.05, 0.1) is 41.5 Å². The molecule has 4 fully saturated rings. The second kappa shape index (κ2) is 23.7. The van der Waals surface area contributed by atoms with Crippen LogP contribution in [0.15, 0.2) is 12.1 Å². The number of amides is 2. The summed E-state index contributed by atoms with van der Waals surface area (Å²) < 4.78 is 10.1. The van der Waals surface area contributed by atoms with E-state index < -0.39 is 11.9 Å². The molecular weight excluding hydrogens is 857 g/mol. The van der Waals surface area contributed by atoms with Gasteiger partial charge in [-0.05, 0) is 155 Å². The van der Waals surface area contributed by atoms with Gasteiger partial charge in [-0.15, -0.1) is 22.7 Å². The van der Waals surface area contributed by atoms with Crippen molar-refractivity contribution in [1.82, 2.24) is 0 Å². The maximum Gasteiger partial charge on any atom is 0.350 e. The van der Waals surface area contributed by atoms with Crippen molar-refractivity contribution in [3.05, 3.63) is 31.6 Å². The molecule has 0 atom stereocenters. The van der Waals surface area contributed by atoms with Crippen molar-refractivity contribution in [2.75, 3.05) is 24.0 Å². The Morgan fingerprint density at radius 2 is 0.969 bits per heavy atom. The minimum absolute atomic E-state index is 0. The number of anilines is 2. The largest absolute Gasteiger partial charge is 0.465 e. The predicted molar refractivity (Wildman–Crippen MR) is 266 cm³/mol. The third-order valence-electron chi connectivity index (χ3n) is 12.9. The number of aliphatic hydroxyl groups is 1. The zero-order valence-electron chi connectivity index (χ0n) is 40.0. The van der Waals surface area contributed by atoms with Crippen LogP contribution in [0.2, 0.25) is 0 Å². The van der Waals surface area contributed by atoms with E-state index in [-0.39, 0.29) is 67.3 Å². The summed E-state index contributed by atoms with van der Waals surface area (Å²) in [6.45, 7) is 16.7. The van der Waals surface area contributed by atoms with Crippen LogP contribution in [-0.2, 0) is 23.9 Å². The number of carbonyl (C=O) groups excluding carboxylic acids is 5. The van der Waals surface area contributed by atoms with E-state index in [0.717, 1.165) is 74.0 Å². The Morgan fingerprint density at radius 3 is 1.31 bits per heavy atom. The summed E-state index contributed by atoms with van der Waals surface area (Å²) in [5.41, 5.74) is 0.893. The summed E-state index contributed by atoms with van der Waals surface area (Å²) in [6.07, 6.45) is 12.4. The van der Waals surface area contributed by atoms with Crippen LogP contribution in [0.5, 0.6) is 0 Å². The van der Waals surface area contributed by atoms with Crippen molar-refractivity contribution < 1.29 is 40.0 Å². The van der Waals surface area contributed by atoms with Gasteiger partial charge < -0.3 is 24.4 Å². The van der Waals surface area contributed by atoms with Gasteiger partial charge in [-0.2, -0.15) is 0 Å². The van der Waals surface area contributed by atoms with Crippen LogP contribution in [0, 0.1) is 58.2 Å². The van der Waals surface area contributed by atoms with Gasteiger partial charge in [0.15, 0.2) is 0 Å². The molecule has 2 heterocycles. The first-order valence-corrected chi connectivity index (χ1v) is 25.2. The molecule has 0 saturated heterocycles. The van der Waals surface area contributed by atoms with Gasteiger partial charge in [-0.1, -0.05) is 45.0 Å². The average molecular weight is 936 g/mol. The van der Waals surface area contributed by atoms with Gasteiger partial charge in [0.2, 0.25) is 11.8 Å². The Morgan fingerprint density at radius 1 is 0.615 bits per heavy atom. The van der Waals surface area contributed by atoms with Gasteiger partial charge >= 0.3 is 11.9 Å². The van der Waals surface area contributed by atoms with Crippen molar-refractivity contribution >= 4 is 63.6 Å². The van der Waals surface area contributed by atoms with Crippen LogP contribution in [-0.4, -0.2) is 67.0 Å². The van der Waals surface area contributed by atoms with Gasteiger partial charge in [-0.25, -0.2) is 9.59 Å². The lowest BCUT2D eigenvalue weighted by Gasteiger charge is -2.38. The van der Waals surface area contributed by atoms with Crippen molar-refractivity contribution in [3.8, 4) is 23.7 Å². The highest BCUT2D eigenvalue weighted by atomic mass is 32.1. The third kappa shape index (κ3) is 15.0. The summed E-state index contributed by atoms with van der Waals surface area (Å²) >= 11 is 2.58. The second-order valence-corrected chi connectivity index (χ2v) is 22.8. The fourth-order valence-corrected chi connectivity index (χ4v) is 11.0. The number of ketones is 1. The van der Waals surface area contributed by atoms with Crippen molar-refractivity contribution in [2.45, 2.75) is 184 Å². The number of esters is 2. The molecule has 2 aromatic rings. The molecule has 0 aliphatic heterocycles. The Hall–Kier alpha value is -3.97. The zero-order valence-corrected chi connectivity index (χ0v) is 41.7. The summed E-state index contributed by atoms with van der Waals surface area (Å²) in [5, 5.41) is 10.0. The number of hydrogen-bond donors (Lipinski definition) is 1. The number of nitrogens with zero attached hydrogens (tertiary/aromatic N) is 2. The Kier molecular flexibility index (Phi) is 19.5. The first-order chi connectivity index (χ1) is 30.2. The number of ether oxygens (including phenoxy) is 2. The van der Waals surface area contributed by atoms with Crippen molar-refractivity contribution in [3.63, 3.8) is 0 Å². The molecule has 0 spiro atoms. The number of Topliss-reactive ketones (excluding diaryl/α,β-unsaturated/α-hetero) is 1.